The van der Waals surface area contributed by atoms with Crippen LogP contribution in [0, 0.1) is 4.91 Å². The largest absolute Gasteiger partial charge is 0.462 e. The number of aliphatic hydroxyl groups is 4. The number of rotatable bonds is 5. The normalized spacial score (nSPS) is 32.7. The third kappa shape index (κ3) is 3.55. The molecule has 0 aromatic heterocycles. The van der Waals surface area contributed by atoms with Crippen LogP contribution in [0.25, 0.3) is 0 Å². The highest BCUT2D eigenvalue weighted by Crippen LogP contribution is 2.24. The summed E-state index contributed by atoms with van der Waals surface area (Å²) < 4.78 is 10.6. The van der Waals surface area contributed by atoms with Crippen molar-refractivity contribution in [2.45, 2.75) is 37.3 Å². The Labute approximate surface area is 120 Å². The van der Waals surface area contributed by atoms with Gasteiger partial charge in [0.15, 0.2) is 0 Å². The number of ether oxygens (including phenoxy) is 2. The van der Waals surface area contributed by atoms with Gasteiger partial charge in [-0.3, -0.25) is 0 Å². The summed E-state index contributed by atoms with van der Waals surface area (Å²) >= 11 is 0. The van der Waals surface area contributed by atoms with Crippen molar-refractivity contribution in [3.8, 4) is 5.75 Å². The Bertz CT molecular complexity index is 464. The molecule has 0 aliphatic carbocycles. The molecule has 1 heterocycles. The maximum absolute atomic E-state index is 10.1. The van der Waals surface area contributed by atoms with Crippen LogP contribution in [0.15, 0.2) is 29.4 Å². The average Bonchev–Trinajstić information content (AvgIpc) is 2.50. The van der Waals surface area contributed by atoms with Crippen LogP contribution in [0.1, 0.15) is 5.56 Å². The zero-order valence-electron chi connectivity index (χ0n) is 11.1. The molecule has 5 atom stereocenters. The van der Waals surface area contributed by atoms with E-state index in [0.29, 0.717) is 11.3 Å². The Hall–Kier alpha value is -1.58. The maximum Gasteiger partial charge on any atom is 0.229 e. The summed E-state index contributed by atoms with van der Waals surface area (Å²) in [6.07, 6.45) is -6.62. The van der Waals surface area contributed by atoms with Crippen LogP contribution in [0.5, 0.6) is 5.75 Å². The zero-order chi connectivity index (χ0) is 15.4. The molecule has 1 aliphatic rings. The molecule has 116 valence electrons. The molecule has 1 aromatic carbocycles. The number of hydrogen-bond acceptors (Lipinski definition) is 8. The topological polar surface area (TPSA) is 129 Å². The van der Waals surface area contributed by atoms with E-state index in [1.54, 1.807) is 24.3 Å². The first-order chi connectivity index (χ1) is 10.1. The average molecular weight is 299 g/mol. The third-order valence-electron chi connectivity index (χ3n) is 3.27. The van der Waals surface area contributed by atoms with Gasteiger partial charge in [-0.1, -0.05) is 17.3 Å². The molecule has 0 spiro atoms. The van der Waals surface area contributed by atoms with E-state index in [0.717, 1.165) is 0 Å². The van der Waals surface area contributed by atoms with Crippen LogP contribution in [0.3, 0.4) is 0 Å². The minimum absolute atomic E-state index is 0.0420. The highest BCUT2D eigenvalue weighted by molar-refractivity contribution is 5.27. The molecule has 1 fully saturated rings. The number of hydrogen-bond donors (Lipinski definition) is 4. The molecule has 4 N–H and O–H groups in total. The Balaban J connectivity index is 2.05. The van der Waals surface area contributed by atoms with Crippen molar-refractivity contribution < 1.29 is 29.9 Å². The third-order valence-corrected chi connectivity index (χ3v) is 3.27. The van der Waals surface area contributed by atoms with Crippen LogP contribution < -0.4 is 4.74 Å². The van der Waals surface area contributed by atoms with Gasteiger partial charge >= 0.3 is 0 Å². The van der Waals surface area contributed by atoms with E-state index < -0.39 is 37.3 Å². The number of benzene rings is 1. The molecule has 0 saturated carbocycles. The van der Waals surface area contributed by atoms with Crippen LogP contribution in [-0.2, 0) is 11.3 Å². The van der Waals surface area contributed by atoms with E-state index in [2.05, 4.69) is 5.18 Å². The summed E-state index contributed by atoms with van der Waals surface area (Å²) in [6, 6.07) is 6.37. The predicted octanol–water partition coefficient (Wildman–Crippen LogP) is -0.868. The lowest BCUT2D eigenvalue weighted by molar-refractivity contribution is -0.277. The lowest BCUT2D eigenvalue weighted by Gasteiger charge is -2.39. The molecule has 0 amide bonds. The van der Waals surface area contributed by atoms with Gasteiger partial charge in [0.05, 0.1) is 6.61 Å². The molecular formula is C13H17NO7. The van der Waals surface area contributed by atoms with E-state index in [1.807, 2.05) is 0 Å². The van der Waals surface area contributed by atoms with E-state index in [1.165, 1.54) is 0 Å². The molecule has 1 aliphatic heterocycles. The van der Waals surface area contributed by atoms with Gasteiger partial charge in [-0.2, -0.15) is 4.91 Å². The molecular weight excluding hydrogens is 282 g/mol. The van der Waals surface area contributed by atoms with Gasteiger partial charge in [0.25, 0.3) is 0 Å². The van der Waals surface area contributed by atoms with Crippen LogP contribution in [-0.4, -0.2) is 57.7 Å². The minimum Gasteiger partial charge on any atom is -0.462 e. The Morgan fingerprint density at radius 1 is 1.10 bits per heavy atom. The van der Waals surface area contributed by atoms with Crippen LogP contribution >= 0.6 is 0 Å². The van der Waals surface area contributed by atoms with E-state index >= 15 is 0 Å². The van der Waals surface area contributed by atoms with Crippen molar-refractivity contribution in [1.82, 2.24) is 0 Å². The predicted molar refractivity (Wildman–Crippen MR) is 70.3 cm³/mol. The molecule has 8 nitrogen and oxygen atoms in total. The fourth-order valence-corrected chi connectivity index (χ4v) is 2.05. The highest BCUT2D eigenvalue weighted by Gasteiger charge is 2.44. The smallest absolute Gasteiger partial charge is 0.229 e. The summed E-state index contributed by atoms with van der Waals surface area (Å²) in [5.74, 6) is 0.342. The van der Waals surface area contributed by atoms with Gasteiger partial charge in [-0.05, 0) is 17.7 Å². The van der Waals surface area contributed by atoms with E-state index in [4.69, 9.17) is 14.6 Å². The van der Waals surface area contributed by atoms with Gasteiger partial charge in [0.1, 0.15) is 36.7 Å². The lowest BCUT2D eigenvalue weighted by atomic mass is 9.99. The van der Waals surface area contributed by atoms with Crippen LogP contribution in [0.4, 0.5) is 0 Å². The summed E-state index contributed by atoms with van der Waals surface area (Å²) in [7, 11) is 0. The lowest BCUT2D eigenvalue weighted by Crippen LogP contribution is -2.60. The Morgan fingerprint density at radius 2 is 1.76 bits per heavy atom. The molecule has 8 heteroatoms. The second-order valence-electron chi connectivity index (χ2n) is 4.75. The van der Waals surface area contributed by atoms with Crippen molar-refractivity contribution in [2.24, 2.45) is 5.18 Å². The minimum atomic E-state index is -1.49. The molecule has 2 rings (SSSR count). The number of aliphatic hydroxyl groups excluding tert-OH is 4. The second kappa shape index (κ2) is 6.92. The van der Waals surface area contributed by atoms with Crippen molar-refractivity contribution in [3.05, 3.63) is 34.7 Å². The van der Waals surface area contributed by atoms with Crippen molar-refractivity contribution in [3.63, 3.8) is 0 Å². The molecule has 1 aromatic rings. The summed E-state index contributed by atoms with van der Waals surface area (Å²) in [4.78, 5) is 10.1. The van der Waals surface area contributed by atoms with Crippen molar-refractivity contribution in [2.75, 3.05) is 6.61 Å². The molecule has 21 heavy (non-hydrogen) atoms. The van der Waals surface area contributed by atoms with Crippen LogP contribution in [0.2, 0.25) is 0 Å². The standard InChI is InChI=1S/C13H17NO7/c15-6-9-10(16)11(17)12(18)13(21-9)20-8-3-1-7(2-4-8)5-14-19/h1-4,9-13,15-18H,5-6H2/t9-,10-,11+,12-,13-/m1/s1. The van der Waals surface area contributed by atoms with Gasteiger partial charge < -0.3 is 29.9 Å². The molecule has 1 saturated heterocycles. The van der Waals surface area contributed by atoms with Crippen molar-refractivity contribution in [1.29, 1.82) is 0 Å². The first-order valence-electron chi connectivity index (χ1n) is 6.42. The maximum atomic E-state index is 10.1. The molecule has 0 bridgehead atoms. The summed E-state index contributed by atoms with van der Waals surface area (Å²) in [5.41, 5.74) is 0.700. The second-order valence-corrected chi connectivity index (χ2v) is 4.75. The summed E-state index contributed by atoms with van der Waals surface area (Å²) in [5, 5.41) is 40.9. The SMILES string of the molecule is O=NCc1ccc(O[C@@H]2O[C@H](CO)[C@@H](O)[C@H](O)[C@H]2O)cc1. The Morgan fingerprint density at radius 3 is 2.33 bits per heavy atom. The van der Waals surface area contributed by atoms with Gasteiger partial charge in [0.2, 0.25) is 6.29 Å². The van der Waals surface area contributed by atoms with Gasteiger partial charge in [0, 0.05) is 0 Å². The number of nitrogens with zero attached hydrogens (tertiary/aromatic N) is 1. The highest BCUT2D eigenvalue weighted by atomic mass is 16.7. The first kappa shape index (κ1) is 15.8. The Kier molecular flexibility index (Phi) is 5.21. The first-order valence-corrected chi connectivity index (χ1v) is 6.42. The quantitative estimate of drug-likeness (QED) is 0.520. The fraction of sp³-hybridized carbons (Fsp3) is 0.538. The fourth-order valence-electron chi connectivity index (χ4n) is 2.05. The van der Waals surface area contributed by atoms with Gasteiger partial charge in [-0.15, -0.1) is 0 Å². The molecule has 0 radical (unpaired) electrons. The van der Waals surface area contributed by atoms with Crippen molar-refractivity contribution >= 4 is 0 Å². The monoisotopic (exact) mass is 299 g/mol. The number of nitroso groups, excluding NO2 is 1. The van der Waals surface area contributed by atoms with E-state index in [-0.39, 0.29) is 6.54 Å². The van der Waals surface area contributed by atoms with Gasteiger partial charge in [-0.25, -0.2) is 0 Å². The van der Waals surface area contributed by atoms with E-state index in [9.17, 15) is 20.2 Å². The molecule has 0 unspecified atom stereocenters. The zero-order valence-corrected chi connectivity index (χ0v) is 11.1. The summed E-state index contributed by atoms with van der Waals surface area (Å²) in [6.45, 7) is -0.477.